The van der Waals surface area contributed by atoms with Gasteiger partial charge in [-0.05, 0) is 29.7 Å². The Labute approximate surface area is 130 Å². The smallest absolute Gasteiger partial charge is 0.338 e. The highest BCUT2D eigenvalue weighted by Gasteiger charge is 2.00. The van der Waals surface area contributed by atoms with Gasteiger partial charge in [0.1, 0.15) is 5.75 Å². The summed E-state index contributed by atoms with van der Waals surface area (Å²) in [5.74, 6) is 0.823. The third-order valence-electron chi connectivity index (χ3n) is 3.10. The Morgan fingerprint density at radius 1 is 1.00 bits per heavy atom. The summed E-state index contributed by atoms with van der Waals surface area (Å²) >= 11 is 0. The van der Waals surface area contributed by atoms with Gasteiger partial charge in [0.05, 0.1) is 13.7 Å². The average molecular weight is 300 g/mol. The minimum atomic E-state index is -0.343. The number of urea groups is 1. The SMILES string of the molecule is COc1ccc(CCNC(=O)NOCc2ccccc2)cc1. The van der Waals surface area contributed by atoms with Crippen LogP contribution in [0.5, 0.6) is 5.75 Å². The van der Waals surface area contributed by atoms with Crippen molar-refractivity contribution in [2.75, 3.05) is 13.7 Å². The van der Waals surface area contributed by atoms with Crippen LogP contribution in [0.25, 0.3) is 0 Å². The van der Waals surface area contributed by atoms with Gasteiger partial charge in [-0.2, -0.15) is 0 Å². The first-order valence-electron chi connectivity index (χ1n) is 7.10. The molecule has 5 heteroatoms. The second-order valence-electron chi connectivity index (χ2n) is 4.73. The Balaban J connectivity index is 1.61. The van der Waals surface area contributed by atoms with Gasteiger partial charge in [0.15, 0.2) is 0 Å². The molecule has 5 nitrogen and oxygen atoms in total. The van der Waals surface area contributed by atoms with E-state index >= 15 is 0 Å². The van der Waals surface area contributed by atoms with Gasteiger partial charge in [0, 0.05) is 6.54 Å². The Kier molecular flexibility index (Phi) is 6.26. The van der Waals surface area contributed by atoms with Crippen LogP contribution >= 0.6 is 0 Å². The zero-order valence-corrected chi connectivity index (χ0v) is 12.5. The molecule has 0 saturated heterocycles. The largest absolute Gasteiger partial charge is 0.497 e. The van der Waals surface area contributed by atoms with Crippen LogP contribution in [0.2, 0.25) is 0 Å². The highest BCUT2D eigenvalue weighted by atomic mass is 16.7. The molecule has 22 heavy (non-hydrogen) atoms. The summed E-state index contributed by atoms with van der Waals surface area (Å²) in [5, 5.41) is 2.74. The monoisotopic (exact) mass is 300 g/mol. The number of hydroxylamine groups is 1. The van der Waals surface area contributed by atoms with Gasteiger partial charge >= 0.3 is 6.03 Å². The first-order valence-corrected chi connectivity index (χ1v) is 7.10. The molecule has 116 valence electrons. The molecule has 0 atom stereocenters. The van der Waals surface area contributed by atoms with E-state index in [2.05, 4.69) is 10.8 Å². The number of carbonyl (C=O) groups is 1. The fourth-order valence-corrected chi connectivity index (χ4v) is 1.91. The van der Waals surface area contributed by atoms with Crippen molar-refractivity contribution < 1.29 is 14.4 Å². The number of benzene rings is 2. The normalized spacial score (nSPS) is 10.0. The van der Waals surface area contributed by atoms with Gasteiger partial charge in [-0.15, -0.1) is 0 Å². The zero-order valence-electron chi connectivity index (χ0n) is 12.5. The standard InChI is InChI=1S/C17H20N2O3/c1-21-16-9-7-14(8-10-16)11-12-18-17(20)19-22-13-15-5-3-2-4-6-15/h2-10H,11-13H2,1H3,(H2,18,19,20). The lowest BCUT2D eigenvalue weighted by molar-refractivity contribution is 0.0492. The zero-order chi connectivity index (χ0) is 15.6. The van der Waals surface area contributed by atoms with Crippen LogP contribution in [0.4, 0.5) is 4.79 Å². The van der Waals surface area contributed by atoms with Crippen molar-refractivity contribution in [3.63, 3.8) is 0 Å². The van der Waals surface area contributed by atoms with E-state index in [9.17, 15) is 4.79 Å². The number of amides is 2. The van der Waals surface area contributed by atoms with E-state index in [-0.39, 0.29) is 6.03 Å². The molecule has 0 bridgehead atoms. The molecule has 0 aliphatic carbocycles. The molecule has 2 rings (SSSR count). The van der Waals surface area contributed by atoms with Crippen molar-refractivity contribution in [3.05, 3.63) is 65.7 Å². The quantitative estimate of drug-likeness (QED) is 0.773. The van der Waals surface area contributed by atoms with Crippen molar-refractivity contribution >= 4 is 6.03 Å². The van der Waals surface area contributed by atoms with E-state index < -0.39 is 0 Å². The molecule has 0 unspecified atom stereocenters. The minimum Gasteiger partial charge on any atom is -0.497 e. The third-order valence-corrected chi connectivity index (χ3v) is 3.10. The van der Waals surface area contributed by atoms with Crippen molar-refractivity contribution in [1.82, 2.24) is 10.8 Å². The molecule has 0 spiro atoms. The number of nitrogens with one attached hydrogen (secondary N) is 2. The first kappa shape index (κ1) is 15.9. The summed E-state index contributed by atoms with van der Waals surface area (Å²) in [6.07, 6.45) is 0.746. The predicted molar refractivity (Wildman–Crippen MR) is 84.5 cm³/mol. The number of hydrogen-bond donors (Lipinski definition) is 2. The molecular formula is C17H20N2O3. The lowest BCUT2D eigenvalue weighted by Crippen LogP contribution is -2.36. The molecule has 0 radical (unpaired) electrons. The fraction of sp³-hybridized carbons (Fsp3) is 0.235. The lowest BCUT2D eigenvalue weighted by atomic mass is 10.1. The lowest BCUT2D eigenvalue weighted by Gasteiger charge is -2.08. The van der Waals surface area contributed by atoms with Crippen LogP contribution in [-0.2, 0) is 17.9 Å². The van der Waals surface area contributed by atoms with Crippen LogP contribution in [-0.4, -0.2) is 19.7 Å². The second-order valence-corrected chi connectivity index (χ2v) is 4.73. The molecule has 2 N–H and O–H groups in total. The summed E-state index contributed by atoms with van der Waals surface area (Å²) in [4.78, 5) is 16.7. The van der Waals surface area contributed by atoms with Crippen molar-refractivity contribution in [3.8, 4) is 5.75 Å². The Bertz CT molecular complexity index is 570. The molecule has 2 aromatic rings. The third kappa shape index (κ3) is 5.46. The van der Waals surface area contributed by atoms with E-state index in [0.29, 0.717) is 13.2 Å². The molecular weight excluding hydrogens is 280 g/mol. The van der Waals surface area contributed by atoms with E-state index in [1.165, 1.54) is 0 Å². The van der Waals surface area contributed by atoms with Gasteiger partial charge in [-0.25, -0.2) is 10.3 Å². The number of ether oxygens (including phenoxy) is 1. The van der Waals surface area contributed by atoms with Crippen LogP contribution in [0.3, 0.4) is 0 Å². The molecule has 0 aliphatic heterocycles. The Morgan fingerprint density at radius 3 is 2.41 bits per heavy atom. The van der Waals surface area contributed by atoms with Crippen molar-refractivity contribution in [2.45, 2.75) is 13.0 Å². The number of methoxy groups -OCH3 is 1. The average Bonchev–Trinajstić information content (AvgIpc) is 2.56. The van der Waals surface area contributed by atoms with Gasteiger partial charge in [0.2, 0.25) is 0 Å². The molecule has 2 amide bonds. The van der Waals surface area contributed by atoms with Crippen LogP contribution < -0.4 is 15.5 Å². The maximum absolute atomic E-state index is 11.6. The fourth-order valence-electron chi connectivity index (χ4n) is 1.91. The highest BCUT2D eigenvalue weighted by molar-refractivity contribution is 5.72. The van der Waals surface area contributed by atoms with E-state index in [0.717, 1.165) is 23.3 Å². The summed E-state index contributed by atoms with van der Waals surface area (Å²) in [6, 6.07) is 17.1. The molecule has 0 saturated carbocycles. The maximum Gasteiger partial charge on any atom is 0.338 e. The number of carbonyl (C=O) groups excluding carboxylic acids is 1. The first-order chi connectivity index (χ1) is 10.8. The number of rotatable bonds is 7. The highest BCUT2D eigenvalue weighted by Crippen LogP contribution is 2.11. The summed E-state index contributed by atoms with van der Waals surface area (Å²) in [7, 11) is 1.64. The predicted octanol–water partition coefficient (Wildman–Crippen LogP) is 2.67. The minimum absolute atomic E-state index is 0.340. The summed E-state index contributed by atoms with van der Waals surface area (Å²) in [6.45, 7) is 0.875. The Morgan fingerprint density at radius 2 is 1.73 bits per heavy atom. The van der Waals surface area contributed by atoms with Gasteiger partial charge < -0.3 is 10.1 Å². The van der Waals surface area contributed by atoms with Gasteiger partial charge in [-0.1, -0.05) is 42.5 Å². The van der Waals surface area contributed by atoms with Crippen LogP contribution in [0, 0.1) is 0 Å². The van der Waals surface area contributed by atoms with Crippen LogP contribution in [0.1, 0.15) is 11.1 Å². The Hall–Kier alpha value is -2.53. The van der Waals surface area contributed by atoms with Gasteiger partial charge in [0.25, 0.3) is 0 Å². The molecule has 0 fully saturated rings. The molecule has 2 aromatic carbocycles. The second kappa shape index (κ2) is 8.69. The van der Waals surface area contributed by atoms with Crippen molar-refractivity contribution in [1.29, 1.82) is 0 Å². The van der Waals surface area contributed by atoms with Gasteiger partial charge in [-0.3, -0.25) is 4.84 Å². The van der Waals surface area contributed by atoms with E-state index in [1.807, 2.05) is 54.6 Å². The summed E-state index contributed by atoms with van der Waals surface area (Å²) in [5.41, 5.74) is 4.50. The topological polar surface area (TPSA) is 59.6 Å². The summed E-state index contributed by atoms with van der Waals surface area (Å²) < 4.78 is 5.10. The van der Waals surface area contributed by atoms with E-state index in [4.69, 9.17) is 9.57 Å². The number of hydrogen-bond acceptors (Lipinski definition) is 3. The molecule has 0 aliphatic rings. The van der Waals surface area contributed by atoms with Crippen LogP contribution in [0.15, 0.2) is 54.6 Å². The molecule has 0 heterocycles. The molecule has 0 aromatic heterocycles. The van der Waals surface area contributed by atoms with Crippen molar-refractivity contribution in [2.24, 2.45) is 0 Å². The van der Waals surface area contributed by atoms with E-state index in [1.54, 1.807) is 7.11 Å². The maximum atomic E-state index is 11.6.